The number of unbranched alkanes of at least 4 members (excludes halogenated alkanes) is 28. The first-order valence-electron chi connectivity index (χ1n) is 24.2. The second-order valence-electron chi connectivity index (χ2n) is 16.5. The molecule has 0 N–H and O–H groups in total. The lowest BCUT2D eigenvalue weighted by atomic mass is 10.0. The van der Waals surface area contributed by atoms with Crippen molar-refractivity contribution in [2.24, 2.45) is 0 Å². The quantitative estimate of drug-likeness (QED) is 0.0458. The zero-order valence-electron chi connectivity index (χ0n) is 37.2. The molecule has 0 aliphatic heterocycles. The van der Waals surface area contributed by atoms with Crippen molar-refractivity contribution in [1.82, 2.24) is 4.90 Å². The van der Waals surface area contributed by atoms with Gasteiger partial charge in [-0.3, -0.25) is 4.90 Å². The maximum absolute atomic E-state index is 6.21. The number of hydrogen-bond donors (Lipinski definition) is 0. The molecule has 0 amide bonds. The summed E-state index contributed by atoms with van der Waals surface area (Å²) in [5.74, 6) is 0. The molecule has 0 aliphatic rings. The van der Waals surface area contributed by atoms with Crippen LogP contribution in [-0.2, 0) is 13.3 Å². The molecule has 0 heterocycles. The Kier molecular flexibility index (Phi) is 40.8. The van der Waals surface area contributed by atoms with E-state index in [2.05, 4.69) is 53.4 Å². The Morgan fingerprint density at radius 1 is 0.346 bits per heavy atom. The van der Waals surface area contributed by atoms with E-state index >= 15 is 0 Å². The van der Waals surface area contributed by atoms with Gasteiger partial charge in [0.2, 0.25) is 0 Å². The van der Waals surface area contributed by atoms with Crippen LogP contribution in [0.3, 0.4) is 0 Å². The van der Waals surface area contributed by atoms with E-state index in [4.69, 9.17) is 13.3 Å². The topological polar surface area (TPSA) is 30.9 Å². The molecule has 0 rings (SSSR count). The summed E-state index contributed by atoms with van der Waals surface area (Å²) < 4.78 is 18.6. The smallest absolute Gasteiger partial charge is 0.374 e. The molecule has 0 aromatic carbocycles. The molecule has 52 heavy (non-hydrogen) atoms. The van der Waals surface area contributed by atoms with E-state index in [1.165, 1.54) is 205 Å². The third kappa shape index (κ3) is 32.3. The first-order chi connectivity index (χ1) is 25.5. The van der Waals surface area contributed by atoms with E-state index in [1.54, 1.807) is 0 Å². The predicted molar refractivity (Wildman–Crippen MR) is 235 cm³/mol. The summed E-state index contributed by atoms with van der Waals surface area (Å²) in [7, 11) is -2.59. The molecule has 0 saturated heterocycles. The lowest BCUT2D eigenvalue weighted by Crippen LogP contribution is -2.47. The van der Waals surface area contributed by atoms with Crippen LogP contribution in [0.1, 0.15) is 260 Å². The lowest BCUT2D eigenvalue weighted by Gasteiger charge is -2.36. The minimum absolute atomic E-state index is 0.635. The van der Waals surface area contributed by atoms with Gasteiger partial charge >= 0.3 is 8.80 Å². The van der Waals surface area contributed by atoms with Crippen molar-refractivity contribution in [3.63, 3.8) is 0 Å². The van der Waals surface area contributed by atoms with E-state index in [9.17, 15) is 0 Å². The maximum Gasteiger partial charge on any atom is 0.500 e. The van der Waals surface area contributed by atoms with Crippen LogP contribution in [0.15, 0.2) is 0 Å². The molecule has 0 radical (unpaired) electrons. The second-order valence-corrected chi connectivity index (χ2v) is 19.2. The minimum Gasteiger partial charge on any atom is -0.374 e. The van der Waals surface area contributed by atoms with Crippen LogP contribution in [0.25, 0.3) is 0 Å². The Hall–Kier alpha value is 0.0569. The summed E-state index contributed by atoms with van der Waals surface area (Å²) in [6.45, 7) is 19.0. The van der Waals surface area contributed by atoms with Gasteiger partial charge in [0.25, 0.3) is 0 Å². The Labute approximate surface area is 330 Å². The fourth-order valence-corrected chi connectivity index (χ4v) is 10.9. The molecule has 0 aliphatic carbocycles. The number of rotatable bonds is 44. The fourth-order valence-electron chi connectivity index (χ4n) is 8.31. The summed E-state index contributed by atoms with van der Waals surface area (Å²) in [6.07, 6.45) is 46.8. The highest BCUT2D eigenvalue weighted by molar-refractivity contribution is 6.60. The van der Waals surface area contributed by atoms with E-state index < -0.39 is 8.80 Å². The molecule has 0 saturated carbocycles. The summed E-state index contributed by atoms with van der Waals surface area (Å²) in [5, 5.41) is 0. The molecule has 0 aromatic rings. The Bertz CT molecular complexity index is 622. The highest BCUT2D eigenvalue weighted by Crippen LogP contribution is 2.23. The van der Waals surface area contributed by atoms with Crippen molar-refractivity contribution in [3.8, 4) is 0 Å². The third-order valence-corrected chi connectivity index (χ3v) is 14.7. The van der Waals surface area contributed by atoms with Gasteiger partial charge in [-0.05, 0) is 60.4 Å². The summed E-state index contributed by atoms with van der Waals surface area (Å²) >= 11 is 0. The molecule has 2 unspecified atom stereocenters. The van der Waals surface area contributed by atoms with Crippen LogP contribution in [0.2, 0.25) is 6.04 Å². The zero-order chi connectivity index (χ0) is 38.2. The largest absolute Gasteiger partial charge is 0.500 e. The highest BCUT2D eigenvalue weighted by Gasteiger charge is 2.40. The Morgan fingerprint density at radius 3 is 0.846 bits per heavy atom. The molecular formula is C47H99NO3Si. The van der Waals surface area contributed by atoms with Crippen molar-refractivity contribution < 1.29 is 13.3 Å². The SMILES string of the molecule is CCCCCCCCCCCCCCCCCC(C)N(CCC[Si](OCC)(OCC)OCC)C(C)CCCCCCCCCCCCCCCCC. The van der Waals surface area contributed by atoms with Gasteiger partial charge < -0.3 is 13.3 Å². The molecular weight excluding hydrogens is 655 g/mol. The lowest BCUT2D eigenvalue weighted by molar-refractivity contribution is 0.0677. The first kappa shape index (κ1) is 52.1. The van der Waals surface area contributed by atoms with Gasteiger partial charge in [-0.1, -0.05) is 206 Å². The average molecular weight is 754 g/mol. The third-order valence-electron chi connectivity index (χ3n) is 11.6. The number of nitrogens with zero attached hydrogens (tertiary/aromatic N) is 1. The highest BCUT2D eigenvalue weighted by atomic mass is 28.4. The Morgan fingerprint density at radius 2 is 0.596 bits per heavy atom. The van der Waals surface area contributed by atoms with E-state index in [0.29, 0.717) is 31.9 Å². The normalized spacial score (nSPS) is 13.4. The molecule has 0 fully saturated rings. The van der Waals surface area contributed by atoms with Crippen LogP contribution >= 0.6 is 0 Å². The fraction of sp³-hybridized carbons (Fsp3) is 1.00. The summed E-state index contributed by atoms with van der Waals surface area (Å²) in [4.78, 5) is 2.84. The van der Waals surface area contributed by atoms with Gasteiger partial charge in [-0.25, -0.2) is 0 Å². The number of hydrogen-bond acceptors (Lipinski definition) is 4. The van der Waals surface area contributed by atoms with Crippen molar-refractivity contribution in [2.75, 3.05) is 26.4 Å². The van der Waals surface area contributed by atoms with Crippen LogP contribution < -0.4 is 0 Å². The average Bonchev–Trinajstić information content (AvgIpc) is 3.13. The summed E-state index contributed by atoms with van der Waals surface area (Å²) in [5.41, 5.74) is 0. The van der Waals surface area contributed by atoms with Crippen molar-refractivity contribution in [2.45, 2.75) is 278 Å². The molecule has 0 spiro atoms. The van der Waals surface area contributed by atoms with Gasteiger partial charge in [0.05, 0.1) is 0 Å². The molecule has 314 valence electrons. The van der Waals surface area contributed by atoms with Crippen molar-refractivity contribution >= 4 is 8.80 Å². The second kappa shape index (κ2) is 40.7. The van der Waals surface area contributed by atoms with Gasteiger partial charge in [0.15, 0.2) is 0 Å². The predicted octanol–water partition coefficient (Wildman–Crippen LogP) is 16.0. The molecule has 2 atom stereocenters. The molecule has 4 nitrogen and oxygen atoms in total. The van der Waals surface area contributed by atoms with Crippen LogP contribution in [-0.4, -0.2) is 52.2 Å². The van der Waals surface area contributed by atoms with Gasteiger partial charge in [-0.15, -0.1) is 0 Å². The molecule has 0 aromatic heterocycles. The van der Waals surface area contributed by atoms with Crippen LogP contribution in [0, 0.1) is 0 Å². The van der Waals surface area contributed by atoms with Gasteiger partial charge in [0, 0.05) is 37.9 Å². The van der Waals surface area contributed by atoms with E-state index in [1.807, 2.05) is 0 Å². The zero-order valence-corrected chi connectivity index (χ0v) is 38.2. The van der Waals surface area contributed by atoms with E-state index in [-0.39, 0.29) is 0 Å². The van der Waals surface area contributed by atoms with Crippen LogP contribution in [0.4, 0.5) is 0 Å². The standard InChI is InChI=1S/C47H99NO3Si/c1-8-13-15-17-19-21-23-25-27-29-31-33-35-37-39-42-46(6)48(44-41-45-52(49-10-3,50-11-4)51-12-5)47(7)43-40-38-36-34-32-30-28-26-24-22-20-18-16-14-9-2/h46-47H,8-45H2,1-7H3. The van der Waals surface area contributed by atoms with E-state index in [0.717, 1.165) is 19.0 Å². The van der Waals surface area contributed by atoms with Gasteiger partial charge in [0.1, 0.15) is 0 Å². The molecule has 0 bridgehead atoms. The Balaban J connectivity index is 4.47. The minimum atomic E-state index is -2.59. The molecule has 5 heteroatoms. The maximum atomic E-state index is 6.21. The van der Waals surface area contributed by atoms with Crippen molar-refractivity contribution in [1.29, 1.82) is 0 Å². The van der Waals surface area contributed by atoms with Crippen molar-refractivity contribution in [3.05, 3.63) is 0 Å². The monoisotopic (exact) mass is 754 g/mol. The van der Waals surface area contributed by atoms with Crippen LogP contribution in [0.5, 0.6) is 0 Å². The van der Waals surface area contributed by atoms with Gasteiger partial charge in [-0.2, -0.15) is 0 Å². The first-order valence-corrected chi connectivity index (χ1v) is 26.1. The summed E-state index contributed by atoms with van der Waals surface area (Å²) in [6, 6.07) is 2.20.